The van der Waals surface area contributed by atoms with E-state index in [2.05, 4.69) is 40.5 Å². The lowest BCUT2D eigenvalue weighted by Gasteiger charge is -2.22. The van der Waals surface area contributed by atoms with Crippen molar-refractivity contribution in [1.82, 2.24) is 9.78 Å². The molecule has 118 valence electrons. The SMILES string of the molecule is CCN(CC)c1ccc(NC(=O)Nc2ccnn2C)c(C)c1. The van der Waals surface area contributed by atoms with Crippen LogP contribution in [0.2, 0.25) is 0 Å². The molecule has 1 aromatic carbocycles. The van der Waals surface area contributed by atoms with Crippen molar-refractivity contribution < 1.29 is 4.79 Å². The van der Waals surface area contributed by atoms with Crippen molar-refractivity contribution in [2.75, 3.05) is 28.6 Å². The fraction of sp³-hybridized carbons (Fsp3) is 0.375. The Bertz CT molecular complexity index is 646. The Morgan fingerprint density at radius 2 is 1.95 bits per heavy atom. The number of carbonyl (C=O) groups is 1. The van der Waals surface area contributed by atoms with Crippen molar-refractivity contribution >= 4 is 23.2 Å². The molecule has 2 amide bonds. The number of hydrogen-bond acceptors (Lipinski definition) is 3. The molecule has 0 fully saturated rings. The Kier molecular flexibility index (Phi) is 5.04. The molecular formula is C16H23N5O. The number of rotatable bonds is 5. The van der Waals surface area contributed by atoms with Gasteiger partial charge in [0.05, 0.1) is 6.20 Å². The van der Waals surface area contributed by atoms with Crippen LogP contribution < -0.4 is 15.5 Å². The topological polar surface area (TPSA) is 62.2 Å². The van der Waals surface area contributed by atoms with E-state index in [-0.39, 0.29) is 6.03 Å². The molecule has 1 heterocycles. The second-order valence-corrected chi connectivity index (χ2v) is 5.09. The van der Waals surface area contributed by atoms with Gasteiger partial charge in [-0.1, -0.05) is 0 Å². The third kappa shape index (κ3) is 3.58. The quantitative estimate of drug-likeness (QED) is 0.891. The number of aromatic nitrogens is 2. The molecule has 6 heteroatoms. The van der Waals surface area contributed by atoms with Crippen molar-refractivity contribution in [3.05, 3.63) is 36.0 Å². The molecule has 0 aliphatic rings. The monoisotopic (exact) mass is 301 g/mol. The van der Waals surface area contributed by atoms with Crippen LogP contribution in [0.5, 0.6) is 0 Å². The molecule has 0 saturated heterocycles. The van der Waals surface area contributed by atoms with Crippen LogP contribution in [-0.2, 0) is 7.05 Å². The van der Waals surface area contributed by atoms with E-state index in [0.717, 1.165) is 24.3 Å². The highest BCUT2D eigenvalue weighted by Crippen LogP contribution is 2.22. The van der Waals surface area contributed by atoms with Gasteiger partial charge in [0, 0.05) is 37.6 Å². The molecule has 0 atom stereocenters. The maximum Gasteiger partial charge on any atom is 0.324 e. The van der Waals surface area contributed by atoms with E-state index in [4.69, 9.17) is 0 Å². The van der Waals surface area contributed by atoms with Gasteiger partial charge in [-0.15, -0.1) is 0 Å². The van der Waals surface area contributed by atoms with Crippen molar-refractivity contribution in [3.63, 3.8) is 0 Å². The maximum atomic E-state index is 12.0. The molecule has 1 aromatic heterocycles. The van der Waals surface area contributed by atoms with Crippen LogP contribution in [-0.4, -0.2) is 28.9 Å². The first-order valence-corrected chi connectivity index (χ1v) is 7.46. The normalized spacial score (nSPS) is 10.4. The van der Waals surface area contributed by atoms with E-state index in [1.165, 1.54) is 5.69 Å². The highest BCUT2D eigenvalue weighted by Gasteiger charge is 2.09. The highest BCUT2D eigenvalue weighted by atomic mass is 16.2. The standard InChI is InChI=1S/C16H23N5O/c1-5-21(6-2)13-7-8-14(12(3)11-13)18-16(22)19-15-9-10-17-20(15)4/h7-11H,5-6H2,1-4H3,(H2,18,19,22). The molecule has 0 radical (unpaired) electrons. The summed E-state index contributed by atoms with van der Waals surface area (Å²) >= 11 is 0. The highest BCUT2D eigenvalue weighted by molar-refractivity contribution is 5.99. The molecule has 0 aliphatic heterocycles. The Morgan fingerprint density at radius 1 is 1.23 bits per heavy atom. The van der Waals surface area contributed by atoms with E-state index in [1.807, 2.05) is 19.1 Å². The molecule has 0 bridgehead atoms. The van der Waals surface area contributed by atoms with Gasteiger partial charge in [0.1, 0.15) is 5.82 Å². The van der Waals surface area contributed by atoms with Crippen LogP contribution >= 0.6 is 0 Å². The Morgan fingerprint density at radius 3 is 2.50 bits per heavy atom. The molecule has 2 N–H and O–H groups in total. The summed E-state index contributed by atoms with van der Waals surface area (Å²) in [5.74, 6) is 0.648. The molecular weight excluding hydrogens is 278 g/mol. The third-order valence-corrected chi connectivity index (χ3v) is 3.65. The summed E-state index contributed by atoms with van der Waals surface area (Å²) in [6, 6.07) is 7.52. The summed E-state index contributed by atoms with van der Waals surface area (Å²) in [6.07, 6.45) is 1.64. The van der Waals surface area contributed by atoms with Gasteiger partial charge in [-0.3, -0.25) is 10.00 Å². The van der Waals surface area contributed by atoms with Gasteiger partial charge in [0.15, 0.2) is 0 Å². The second-order valence-electron chi connectivity index (χ2n) is 5.09. The van der Waals surface area contributed by atoms with E-state index < -0.39 is 0 Å². The minimum atomic E-state index is -0.276. The lowest BCUT2D eigenvalue weighted by molar-refractivity contribution is 0.262. The lowest BCUT2D eigenvalue weighted by Crippen LogP contribution is -2.23. The molecule has 0 saturated carbocycles. The van der Waals surface area contributed by atoms with Crippen LogP contribution in [0.25, 0.3) is 0 Å². The summed E-state index contributed by atoms with van der Waals surface area (Å²) in [5, 5.41) is 9.65. The van der Waals surface area contributed by atoms with Gasteiger partial charge >= 0.3 is 6.03 Å². The number of amides is 2. The van der Waals surface area contributed by atoms with Crippen LogP contribution in [0, 0.1) is 6.92 Å². The van der Waals surface area contributed by atoms with E-state index in [0.29, 0.717) is 5.82 Å². The average Bonchev–Trinajstić information content (AvgIpc) is 2.88. The fourth-order valence-electron chi connectivity index (χ4n) is 2.34. The van der Waals surface area contributed by atoms with Crippen molar-refractivity contribution in [1.29, 1.82) is 0 Å². The second kappa shape index (κ2) is 6.98. The number of hydrogen-bond donors (Lipinski definition) is 2. The number of benzene rings is 1. The molecule has 6 nitrogen and oxygen atoms in total. The number of urea groups is 1. The minimum Gasteiger partial charge on any atom is -0.372 e. The predicted octanol–water partition coefficient (Wildman–Crippen LogP) is 3.22. The molecule has 2 rings (SSSR count). The van der Waals surface area contributed by atoms with Gasteiger partial charge in [-0.2, -0.15) is 5.10 Å². The van der Waals surface area contributed by atoms with Crippen LogP contribution in [0.3, 0.4) is 0 Å². The zero-order valence-corrected chi connectivity index (χ0v) is 13.6. The summed E-state index contributed by atoms with van der Waals surface area (Å²) in [4.78, 5) is 14.3. The summed E-state index contributed by atoms with van der Waals surface area (Å²) in [5.41, 5.74) is 3.00. The molecule has 0 unspecified atom stereocenters. The zero-order chi connectivity index (χ0) is 16.1. The number of anilines is 3. The number of nitrogens with one attached hydrogen (secondary N) is 2. The van der Waals surface area contributed by atoms with E-state index in [9.17, 15) is 4.79 Å². The van der Waals surface area contributed by atoms with Crippen molar-refractivity contribution in [2.45, 2.75) is 20.8 Å². The number of nitrogens with zero attached hydrogens (tertiary/aromatic N) is 3. The minimum absolute atomic E-state index is 0.276. The van der Waals surface area contributed by atoms with Crippen LogP contribution in [0.4, 0.5) is 22.0 Å². The molecule has 0 spiro atoms. The van der Waals surface area contributed by atoms with Gasteiger partial charge in [0.2, 0.25) is 0 Å². The van der Waals surface area contributed by atoms with Crippen LogP contribution in [0.15, 0.2) is 30.5 Å². The first-order chi connectivity index (χ1) is 10.5. The zero-order valence-electron chi connectivity index (χ0n) is 13.6. The van der Waals surface area contributed by atoms with Crippen molar-refractivity contribution in [3.8, 4) is 0 Å². The Hall–Kier alpha value is -2.50. The van der Waals surface area contributed by atoms with Crippen LogP contribution in [0.1, 0.15) is 19.4 Å². The molecule has 0 aliphatic carbocycles. The van der Waals surface area contributed by atoms with Crippen molar-refractivity contribution in [2.24, 2.45) is 7.05 Å². The first kappa shape index (κ1) is 15.9. The van der Waals surface area contributed by atoms with Gasteiger partial charge in [-0.05, 0) is 44.5 Å². The maximum absolute atomic E-state index is 12.0. The van der Waals surface area contributed by atoms with Gasteiger partial charge in [-0.25, -0.2) is 4.79 Å². The molecule has 22 heavy (non-hydrogen) atoms. The summed E-state index contributed by atoms with van der Waals surface area (Å²) in [6.45, 7) is 8.18. The smallest absolute Gasteiger partial charge is 0.324 e. The lowest BCUT2D eigenvalue weighted by atomic mass is 10.1. The Labute approximate surface area is 131 Å². The largest absolute Gasteiger partial charge is 0.372 e. The van der Waals surface area contributed by atoms with Gasteiger partial charge in [0.25, 0.3) is 0 Å². The number of carbonyl (C=O) groups excluding carboxylic acids is 1. The van der Waals surface area contributed by atoms with E-state index in [1.54, 1.807) is 24.0 Å². The van der Waals surface area contributed by atoms with E-state index >= 15 is 0 Å². The molecule has 2 aromatic rings. The summed E-state index contributed by atoms with van der Waals surface area (Å²) < 4.78 is 1.61. The summed E-state index contributed by atoms with van der Waals surface area (Å²) in [7, 11) is 1.78. The number of aryl methyl sites for hydroxylation is 2. The van der Waals surface area contributed by atoms with Gasteiger partial charge < -0.3 is 10.2 Å². The first-order valence-electron chi connectivity index (χ1n) is 7.46. The average molecular weight is 301 g/mol. The third-order valence-electron chi connectivity index (χ3n) is 3.65. The fourth-order valence-corrected chi connectivity index (χ4v) is 2.34. The Balaban J connectivity index is 2.07. The predicted molar refractivity (Wildman–Crippen MR) is 90.6 cm³/mol.